The molecule has 19 heavy (non-hydrogen) atoms. The third-order valence-electron chi connectivity index (χ3n) is 3.47. The van der Waals surface area contributed by atoms with Gasteiger partial charge in [0.15, 0.2) is 0 Å². The highest BCUT2D eigenvalue weighted by molar-refractivity contribution is 6.32. The largest absolute Gasteiger partial charge is 0.506 e. The van der Waals surface area contributed by atoms with Crippen molar-refractivity contribution in [2.24, 2.45) is 0 Å². The van der Waals surface area contributed by atoms with Gasteiger partial charge in [-0.05, 0) is 30.2 Å². The van der Waals surface area contributed by atoms with Crippen molar-refractivity contribution in [2.45, 2.75) is 13.0 Å². The van der Waals surface area contributed by atoms with E-state index in [4.69, 9.17) is 11.6 Å². The van der Waals surface area contributed by atoms with E-state index in [0.717, 1.165) is 29.8 Å². The summed E-state index contributed by atoms with van der Waals surface area (Å²) < 4.78 is 13.3. The van der Waals surface area contributed by atoms with Gasteiger partial charge in [0.1, 0.15) is 11.6 Å². The number of phenols is 1. The van der Waals surface area contributed by atoms with Crippen LogP contribution < -0.4 is 4.90 Å². The number of aromatic hydroxyl groups is 1. The summed E-state index contributed by atoms with van der Waals surface area (Å²) in [6.45, 7) is 1.35. The van der Waals surface area contributed by atoms with E-state index >= 15 is 0 Å². The van der Waals surface area contributed by atoms with Gasteiger partial charge in [0, 0.05) is 24.3 Å². The Hall–Kier alpha value is -1.74. The van der Waals surface area contributed by atoms with Crippen LogP contribution in [0.2, 0.25) is 5.02 Å². The predicted molar refractivity (Wildman–Crippen MR) is 74.3 cm³/mol. The number of phenolic OH excluding ortho intramolecular Hbond substituents is 1. The molecule has 0 saturated heterocycles. The lowest BCUT2D eigenvalue weighted by Gasteiger charge is -2.20. The fraction of sp³-hybridized carbons (Fsp3) is 0.200. The third-order valence-corrected chi connectivity index (χ3v) is 3.78. The second kappa shape index (κ2) is 4.74. The molecule has 0 spiro atoms. The number of anilines is 1. The monoisotopic (exact) mass is 277 g/mol. The highest BCUT2D eigenvalue weighted by Crippen LogP contribution is 2.33. The molecule has 2 aromatic rings. The molecular formula is C15H13ClFNO. The van der Waals surface area contributed by atoms with E-state index in [1.54, 1.807) is 18.2 Å². The standard InChI is InChI=1S/C15H13ClFNO/c16-13-3-1-2-11(15(13)19)9-18-7-6-10-4-5-12(17)8-14(10)18/h1-5,8,19H,6-7,9H2. The first-order chi connectivity index (χ1) is 9.15. The summed E-state index contributed by atoms with van der Waals surface area (Å²) >= 11 is 5.90. The van der Waals surface area contributed by atoms with E-state index < -0.39 is 0 Å². The highest BCUT2D eigenvalue weighted by atomic mass is 35.5. The molecule has 0 aromatic heterocycles. The maximum absolute atomic E-state index is 13.3. The number of nitrogens with zero attached hydrogens (tertiary/aromatic N) is 1. The first kappa shape index (κ1) is 12.3. The molecule has 1 N–H and O–H groups in total. The van der Waals surface area contributed by atoms with Crippen LogP contribution in [0.4, 0.5) is 10.1 Å². The highest BCUT2D eigenvalue weighted by Gasteiger charge is 2.20. The smallest absolute Gasteiger partial charge is 0.139 e. The minimum Gasteiger partial charge on any atom is -0.506 e. The molecule has 0 radical (unpaired) electrons. The zero-order valence-electron chi connectivity index (χ0n) is 10.2. The number of fused-ring (bicyclic) bond motifs is 1. The summed E-state index contributed by atoms with van der Waals surface area (Å²) in [5.74, 6) is -0.130. The molecule has 0 fully saturated rings. The topological polar surface area (TPSA) is 23.5 Å². The van der Waals surface area contributed by atoms with Gasteiger partial charge in [-0.25, -0.2) is 4.39 Å². The molecule has 0 aliphatic carbocycles. The summed E-state index contributed by atoms with van der Waals surface area (Å²) in [5.41, 5.74) is 2.80. The van der Waals surface area contributed by atoms with Crippen LogP contribution in [0, 0.1) is 5.82 Å². The molecule has 1 aliphatic rings. The van der Waals surface area contributed by atoms with Gasteiger partial charge >= 0.3 is 0 Å². The van der Waals surface area contributed by atoms with Crippen molar-refractivity contribution < 1.29 is 9.50 Å². The molecule has 0 saturated carbocycles. The molecule has 2 nitrogen and oxygen atoms in total. The quantitative estimate of drug-likeness (QED) is 0.904. The molecule has 98 valence electrons. The molecule has 1 heterocycles. The van der Waals surface area contributed by atoms with Crippen molar-refractivity contribution in [3.05, 3.63) is 58.4 Å². The molecule has 0 bridgehead atoms. The van der Waals surface area contributed by atoms with Crippen LogP contribution in [0.5, 0.6) is 5.75 Å². The van der Waals surface area contributed by atoms with Crippen LogP contribution in [-0.2, 0) is 13.0 Å². The summed E-state index contributed by atoms with van der Waals surface area (Å²) in [6.07, 6.45) is 0.900. The first-order valence-corrected chi connectivity index (χ1v) is 6.52. The average molecular weight is 278 g/mol. The maximum Gasteiger partial charge on any atom is 0.139 e. The fourth-order valence-electron chi connectivity index (χ4n) is 2.48. The minimum atomic E-state index is -0.235. The molecule has 2 aromatic carbocycles. The van der Waals surface area contributed by atoms with Crippen molar-refractivity contribution >= 4 is 17.3 Å². The molecule has 0 unspecified atom stereocenters. The Balaban J connectivity index is 1.90. The van der Waals surface area contributed by atoms with E-state index in [-0.39, 0.29) is 11.6 Å². The Morgan fingerprint density at radius 2 is 2.11 bits per heavy atom. The summed E-state index contributed by atoms with van der Waals surface area (Å²) in [4.78, 5) is 2.06. The van der Waals surface area contributed by atoms with Gasteiger partial charge in [0.25, 0.3) is 0 Å². The molecule has 0 atom stereocenters. The zero-order valence-corrected chi connectivity index (χ0v) is 11.0. The van der Waals surface area contributed by atoms with Crippen LogP contribution in [0.3, 0.4) is 0 Å². The third kappa shape index (κ3) is 2.26. The number of rotatable bonds is 2. The number of halogens is 2. The second-order valence-electron chi connectivity index (χ2n) is 4.69. The number of benzene rings is 2. The Morgan fingerprint density at radius 1 is 1.26 bits per heavy atom. The molecule has 1 aliphatic heterocycles. The van der Waals surface area contributed by atoms with E-state index in [9.17, 15) is 9.50 Å². The van der Waals surface area contributed by atoms with E-state index in [1.807, 2.05) is 12.1 Å². The van der Waals surface area contributed by atoms with Crippen molar-refractivity contribution in [3.8, 4) is 5.75 Å². The summed E-state index contributed by atoms with van der Waals surface area (Å²) in [6, 6.07) is 10.1. The Labute approximate surface area is 116 Å². The molecular weight excluding hydrogens is 265 g/mol. The van der Waals surface area contributed by atoms with Gasteiger partial charge < -0.3 is 10.0 Å². The minimum absolute atomic E-state index is 0.106. The normalized spacial score (nSPS) is 13.7. The Morgan fingerprint density at radius 3 is 2.95 bits per heavy atom. The maximum atomic E-state index is 13.3. The molecule has 3 rings (SSSR count). The number of hydrogen-bond acceptors (Lipinski definition) is 2. The fourth-order valence-corrected chi connectivity index (χ4v) is 2.67. The first-order valence-electron chi connectivity index (χ1n) is 6.15. The molecule has 0 amide bonds. The average Bonchev–Trinajstić information content (AvgIpc) is 2.78. The van der Waals surface area contributed by atoms with Gasteiger partial charge in [0.05, 0.1) is 5.02 Å². The van der Waals surface area contributed by atoms with Crippen molar-refractivity contribution in [1.29, 1.82) is 0 Å². The van der Waals surface area contributed by atoms with Gasteiger partial charge in [0.2, 0.25) is 0 Å². The SMILES string of the molecule is Oc1c(Cl)cccc1CN1CCc2ccc(F)cc21. The van der Waals surface area contributed by atoms with Crippen molar-refractivity contribution in [2.75, 3.05) is 11.4 Å². The lowest BCUT2D eigenvalue weighted by molar-refractivity contribution is 0.467. The van der Waals surface area contributed by atoms with Gasteiger partial charge in [-0.3, -0.25) is 0 Å². The Kier molecular flexibility index (Phi) is 3.07. The van der Waals surface area contributed by atoms with Crippen LogP contribution in [0.15, 0.2) is 36.4 Å². The molecule has 4 heteroatoms. The van der Waals surface area contributed by atoms with Crippen molar-refractivity contribution in [3.63, 3.8) is 0 Å². The van der Waals surface area contributed by atoms with E-state index in [2.05, 4.69) is 4.90 Å². The zero-order chi connectivity index (χ0) is 13.4. The van der Waals surface area contributed by atoms with E-state index in [1.165, 1.54) is 6.07 Å². The van der Waals surface area contributed by atoms with Gasteiger partial charge in [-0.1, -0.05) is 29.8 Å². The predicted octanol–water partition coefficient (Wildman–Crippen LogP) is 3.75. The van der Waals surface area contributed by atoms with Crippen LogP contribution in [0.1, 0.15) is 11.1 Å². The van der Waals surface area contributed by atoms with Crippen LogP contribution in [0.25, 0.3) is 0 Å². The Bertz CT molecular complexity index is 630. The summed E-state index contributed by atoms with van der Waals surface area (Å²) in [5, 5.41) is 10.3. The second-order valence-corrected chi connectivity index (χ2v) is 5.10. The van der Waals surface area contributed by atoms with Crippen molar-refractivity contribution in [1.82, 2.24) is 0 Å². The van der Waals surface area contributed by atoms with E-state index in [0.29, 0.717) is 11.6 Å². The van der Waals surface area contributed by atoms with Crippen LogP contribution >= 0.6 is 11.6 Å². The lowest BCUT2D eigenvalue weighted by atomic mass is 10.1. The lowest BCUT2D eigenvalue weighted by Crippen LogP contribution is -2.19. The summed E-state index contributed by atoms with van der Waals surface area (Å²) in [7, 11) is 0. The van der Waals surface area contributed by atoms with Crippen LogP contribution in [-0.4, -0.2) is 11.7 Å². The number of para-hydroxylation sites is 1. The number of hydrogen-bond donors (Lipinski definition) is 1. The van der Waals surface area contributed by atoms with Gasteiger partial charge in [-0.15, -0.1) is 0 Å². The van der Waals surface area contributed by atoms with Gasteiger partial charge in [-0.2, -0.15) is 0 Å².